The molecule has 1 aromatic heterocycles. The number of ether oxygens (including phenoxy) is 1. The van der Waals surface area contributed by atoms with Crippen molar-refractivity contribution < 1.29 is 9.53 Å². The summed E-state index contributed by atoms with van der Waals surface area (Å²) >= 11 is 3.37. The molecular formula is C27H22BrN3O3. The molecule has 0 radical (unpaired) electrons. The van der Waals surface area contributed by atoms with E-state index in [2.05, 4.69) is 15.9 Å². The zero-order valence-electron chi connectivity index (χ0n) is 18.5. The molecule has 170 valence electrons. The molecule has 0 N–H and O–H groups in total. The zero-order valence-corrected chi connectivity index (χ0v) is 20.1. The number of hydrogen-bond donors (Lipinski definition) is 0. The molecule has 7 heteroatoms. The minimum Gasteiger partial charge on any atom is -0.410 e. The maximum absolute atomic E-state index is 13.8. The Bertz CT molecular complexity index is 1350. The summed E-state index contributed by atoms with van der Waals surface area (Å²) in [5, 5.41) is 0. The van der Waals surface area contributed by atoms with Crippen LogP contribution in [0.1, 0.15) is 34.3 Å². The van der Waals surface area contributed by atoms with Crippen LogP contribution >= 0.6 is 15.9 Å². The monoisotopic (exact) mass is 515 g/mol. The van der Waals surface area contributed by atoms with Gasteiger partial charge in [0.25, 0.3) is 5.56 Å². The molecule has 6 nitrogen and oxygen atoms in total. The molecule has 0 fully saturated rings. The van der Waals surface area contributed by atoms with E-state index in [9.17, 15) is 9.59 Å². The molecule has 0 saturated heterocycles. The van der Waals surface area contributed by atoms with Crippen LogP contribution in [0.25, 0.3) is 0 Å². The van der Waals surface area contributed by atoms with E-state index in [0.717, 1.165) is 15.6 Å². The van der Waals surface area contributed by atoms with Crippen molar-refractivity contribution in [2.24, 2.45) is 0 Å². The highest BCUT2D eigenvalue weighted by Gasteiger charge is 2.31. The molecule has 1 aliphatic heterocycles. The van der Waals surface area contributed by atoms with Crippen LogP contribution in [0, 0.1) is 6.92 Å². The first kappa shape index (κ1) is 22.1. The van der Waals surface area contributed by atoms with Gasteiger partial charge in [-0.2, -0.15) is 0 Å². The summed E-state index contributed by atoms with van der Waals surface area (Å²) in [6.07, 6.45) is -0.508. The number of aryl methyl sites for hydroxylation is 1. The van der Waals surface area contributed by atoms with Crippen LogP contribution in [0.4, 0.5) is 4.79 Å². The van der Waals surface area contributed by atoms with Crippen LogP contribution in [0.15, 0.2) is 94.2 Å². The average molecular weight is 516 g/mol. The van der Waals surface area contributed by atoms with Gasteiger partial charge in [-0.3, -0.25) is 14.3 Å². The Balaban J connectivity index is 1.50. The molecule has 0 saturated carbocycles. The highest BCUT2D eigenvalue weighted by Crippen LogP contribution is 2.28. The predicted molar refractivity (Wildman–Crippen MR) is 133 cm³/mol. The third kappa shape index (κ3) is 4.26. The van der Waals surface area contributed by atoms with Gasteiger partial charge in [0.1, 0.15) is 11.6 Å². The van der Waals surface area contributed by atoms with Crippen molar-refractivity contribution in [3.8, 4) is 5.75 Å². The Morgan fingerprint density at radius 1 is 0.912 bits per heavy atom. The lowest BCUT2D eigenvalue weighted by atomic mass is 9.98. The fourth-order valence-electron chi connectivity index (χ4n) is 4.31. The van der Waals surface area contributed by atoms with Gasteiger partial charge in [-0.25, -0.2) is 9.78 Å². The van der Waals surface area contributed by atoms with Crippen LogP contribution in [0.2, 0.25) is 0 Å². The minimum atomic E-state index is -0.508. The van der Waals surface area contributed by atoms with Gasteiger partial charge in [-0.15, -0.1) is 0 Å². The fourth-order valence-corrected chi connectivity index (χ4v) is 4.58. The van der Waals surface area contributed by atoms with Crippen LogP contribution in [-0.4, -0.2) is 20.5 Å². The van der Waals surface area contributed by atoms with Gasteiger partial charge in [-0.05, 0) is 42.3 Å². The molecule has 34 heavy (non-hydrogen) atoms. The number of carbonyl (C=O) groups is 1. The SMILES string of the molecule is Cc1nc2c(c(=O)n1C(c1ccccc1)c1ccccc1)CN(C(=O)Oc1ccc(Br)cc1)C2. The molecule has 3 aromatic carbocycles. The van der Waals surface area contributed by atoms with E-state index in [0.29, 0.717) is 22.8 Å². The van der Waals surface area contributed by atoms with Crippen LogP contribution in [0.5, 0.6) is 5.75 Å². The number of amides is 1. The molecule has 0 spiro atoms. The normalized spacial score (nSPS) is 12.6. The number of rotatable bonds is 4. The van der Waals surface area contributed by atoms with Crippen molar-refractivity contribution in [1.29, 1.82) is 0 Å². The first-order valence-electron chi connectivity index (χ1n) is 10.9. The lowest BCUT2D eigenvalue weighted by molar-refractivity contribution is 0.152. The fraction of sp³-hybridized carbons (Fsp3) is 0.148. The molecule has 5 rings (SSSR count). The molecule has 1 aliphatic rings. The molecule has 2 heterocycles. The van der Waals surface area contributed by atoms with Crippen molar-refractivity contribution in [2.75, 3.05) is 0 Å². The molecule has 1 amide bonds. The quantitative estimate of drug-likeness (QED) is 0.361. The van der Waals surface area contributed by atoms with Crippen molar-refractivity contribution in [3.05, 3.63) is 128 Å². The number of nitrogens with zero attached hydrogens (tertiary/aromatic N) is 3. The van der Waals surface area contributed by atoms with Crippen LogP contribution < -0.4 is 10.3 Å². The Morgan fingerprint density at radius 2 is 1.50 bits per heavy atom. The standard InChI is InChI=1S/C27H22BrN3O3/c1-18-29-24-17-30(27(33)34-22-14-12-21(28)13-15-22)16-23(24)26(32)31(18)25(19-8-4-2-5-9-19)20-10-6-3-7-11-20/h2-15,25H,16-17H2,1H3. The summed E-state index contributed by atoms with van der Waals surface area (Å²) in [6, 6.07) is 26.5. The number of carbonyl (C=O) groups excluding carboxylic acids is 1. The second kappa shape index (κ2) is 9.27. The highest BCUT2D eigenvalue weighted by molar-refractivity contribution is 9.10. The van der Waals surface area contributed by atoms with Crippen molar-refractivity contribution >= 4 is 22.0 Å². The highest BCUT2D eigenvalue weighted by atomic mass is 79.9. The first-order valence-corrected chi connectivity index (χ1v) is 11.7. The summed E-state index contributed by atoms with van der Waals surface area (Å²) in [4.78, 5) is 32.8. The van der Waals surface area contributed by atoms with E-state index in [1.165, 1.54) is 4.90 Å². The second-order valence-corrected chi connectivity index (χ2v) is 9.08. The van der Waals surface area contributed by atoms with Gasteiger partial charge in [0.15, 0.2) is 0 Å². The summed E-state index contributed by atoms with van der Waals surface area (Å²) in [5.41, 5.74) is 2.98. The van der Waals surface area contributed by atoms with Gasteiger partial charge in [0.05, 0.1) is 30.4 Å². The van der Waals surface area contributed by atoms with E-state index < -0.39 is 6.09 Å². The number of hydrogen-bond acceptors (Lipinski definition) is 4. The third-order valence-electron chi connectivity index (χ3n) is 5.93. The van der Waals surface area contributed by atoms with Crippen LogP contribution in [-0.2, 0) is 13.1 Å². The van der Waals surface area contributed by atoms with E-state index >= 15 is 0 Å². The van der Waals surface area contributed by atoms with Gasteiger partial charge < -0.3 is 4.74 Å². The lowest BCUT2D eigenvalue weighted by Gasteiger charge is -2.23. The number of fused-ring (bicyclic) bond motifs is 1. The minimum absolute atomic E-state index is 0.140. The van der Waals surface area contributed by atoms with Gasteiger partial charge in [-0.1, -0.05) is 76.6 Å². The summed E-state index contributed by atoms with van der Waals surface area (Å²) in [7, 11) is 0. The number of benzene rings is 3. The van der Waals surface area contributed by atoms with Gasteiger partial charge in [0, 0.05) is 4.47 Å². The smallest absolute Gasteiger partial charge is 0.410 e. The van der Waals surface area contributed by atoms with E-state index in [4.69, 9.17) is 9.72 Å². The maximum Gasteiger partial charge on any atom is 0.415 e. The van der Waals surface area contributed by atoms with E-state index in [-0.39, 0.29) is 24.7 Å². The van der Waals surface area contributed by atoms with Gasteiger partial charge >= 0.3 is 6.09 Å². The topological polar surface area (TPSA) is 64.4 Å². The average Bonchev–Trinajstić information content (AvgIpc) is 3.29. The maximum atomic E-state index is 13.8. The lowest BCUT2D eigenvalue weighted by Crippen LogP contribution is -2.33. The molecule has 0 atom stereocenters. The Morgan fingerprint density at radius 3 is 2.09 bits per heavy atom. The Kier molecular flexibility index (Phi) is 6.02. The molecule has 4 aromatic rings. The van der Waals surface area contributed by atoms with Crippen molar-refractivity contribution in [3.63, 3.8) is 0 Å². The summed E-state index contributed by atoms with van der Waals surface area (Å²) in [6.45, 7) is 2.24. The largest absolute Gasteiger partial charge is 0.415 e. The number of halogens is 1. The van der Waals surface area contributed by atoms with Gasteiger partial charge in [0.2, 0.25) is 0 Å². The third-order valence-corrected chi connectivity index (χ3v) is 6.45. The van der Waals surface area contributed by atoms with E-state index in [1.54, 1.807) is 28.8 Å². The molecular weight excluding hydrogens is 494 g/mol. The molecule has 0 aliphatic carbocycles. The Labute approximate surface area is 205 Å². The molecule has 0 bridgehead atoms. The molecule has 0 unspecified atom stereocenters. The second-order valence-electron chi connectivity index (χ2n) is 8.16. The predicted octanol–water partition coefficient (Wildman–Crippen LogP) is 5.47. The van der Waals surface area contributed by atoms with Crippen molar-refractivity contribution in [2.45, 2.75) is 26.1 Å². The van der Waals surface area contributed by atoms with E-state index in [1.807, 2.05) is 67.6 Å². The summed E-state index contributed by atoms with van der Waals surface area (Å²) in [5.74, 6) is 1.04. The Hall–Kier alpha value is -3.71. The van der Waals surface area contributed by atoms with Crippen LogP contribution in [0.3, 0.4) is 0 Å². The zero-order chi connectivity index (χ0) is 23.7. The van der Waals surface area contributed by atoms with Crippen molar-refractivity contribution in [1.82, 2.24) is 14.5 Å². The summed E-state index contributed by atoms with van der Waals surface area (Å²) < 4.78 is 8.13. The number of aromatic nitrogens is 2. The first-order chi connectivity index (χ1) is 16.5.